The average Bonchev–Trinajstić information content (AvgIpc) is 3.67. The molecule has 12 heteroatoms. The Hall–Kier alpha value is -5.10. The van der Waals surface area contributed by atoms with Gasteiger partial charge in [0.1, 0.15) is 17.8 Å². The van der Waals surface area contributed by atoms with Crippen molar-refractivity contribution in [3.8, 4) is 34.1 Å². The molecule has 0 bridgehead atoms. The van der Waals surface area contributed by atoms with Gasteiger partial charge in [-0.1, -0.05) is 29.4 Å². The van der Waals surface area contributed by atoms with E-state index < -0.39 is 10.0 Å². The van der Waals surface area contributed by atoms with Gasteiger partial charge in [-0.3, -0.25) is 4.79 Å². The standard InChI is InChI=1S/C31H30N4O7S/c1-19-20(2)33-42-29(19)34-43(37,38)28-9-7-6-8-27(28)26-11-10-21(30-32-12-13-41-30)14-23(26)18-35(3)31(36)22-15-24(39-4)17-25(16-22)40-5/h6-17,34H,18H2,1-5H3. The number of aryl methyl sites for hydroxylation is 1. The smallest absolute Gasteiger partial charge is 0.264 e. The highest BCUT2D eigenvalue weighted by atomic mass is 32.2. The van der Waals surface area contributed by atoms with E-state index in [9.17, 15) is 13.2 Å². The van der Waals surface area contributed by atoms with Gasteiger partial charge >= 0.3 is 0 Å². The van der Waals surface area contributed by atoms with Crippen LogP contribution in [0.1, 0.15) is 27.2 Å². The number of methoxy groups -OCH3 is 2. The van der Waals surface area contributed by atoms with E-state index in [0.29, 0.717) is 56.5 Å². The number of nitrogens with zero attached hydrogens (tertiary/aromatic N) is 3. The number of oxazole rings is 1. The van der Waals surface area contributed by atoms with Gasteiger partial charge in [0.05, 0.1) is 31.0 Å². The van der Waals surface area contributed by atoms with Gasteiger partial charge in [-0.05, 0) is 55.3 Å². The second-order valence-corrected chi connectivity index (χ2v) is 11.4. The van der Waals surface area contributed by atoms with Crippen molar-refractivity contribution < 1.29 is 31.6 Å². The number of ether oxygens (including phenoxy) is 2. The van der Waals surface area contributed by atoms with Crippen LogP contribution in [0.3, 0.4) is 0 Å². The summed E-state index contributed by atoms with van der Waals surface area (Å²) >= 11 is 0. The van der Waals surface area contributed by atoms with E-state index in [1.165, 1.54) is 37.6 Å². The molecule has 0 radical (unpaired) electrons. The maximum absolute atomic E-state index is 13.6. The van der Waals surface area contributed by atoms with Gasteiger partial charge < -0.3 is 23.3 Å². The third-order valence-corrected chi connectivity index (χ3v) is 8.38. The number of sulfonamides is 1. The maximum atomic E-state index is 13.6. The molecule has 0 spiro atoms. The minimum Gasteiger partial charge on any atom is -0.497 e. The largest absolute Gasteiger partial charge is 0.497 e. The number of hydrogen-bond donors (Lipinski definition) is 1. The summed E-state index contributed by atoms with van der Waals surface area (Å²) in [6, 6.07) is 17.0. The predicted octanol–water partition coefficient (Wildman–Crippen LogP) is 5.70. The highest BCUT2D eigenvalue weighted by molar-refractivity contribution is 7.92. The van der Waals surface area contributed by atoms with Gasteiger partial charge in [-0.2, -0.15) is 0 Å². The highest BCUT2D eigenvalue weighted by Crippen LogP contribution is 2.35. The second-order valence-electron chi connectivity index (χ2n) is 9.80. The second kappa shape index (κ2) is 12.0. The predicted molar refractivity (Wildman–Crippen MR) is 160 cm³/mol. The Morgan fingerprint density at radius 1 is 0.977 bits per heavy atom. The van der Waals surface area contributed by atoms with Crippen LogP contribution >= 0.6 is 0 Å². The lowest BCUT2D eigenvalue weighted by Gasteiger charge is -2.21. The Labute approximate surface area is 249 Å². The molecule has 0 unspecified atom stereocenters. The van der Waals surface area contributed by atoms with Gasteiger partial charge in [-0.25, -0.2) is 18.1 Å². The molecule has 1 N–H and O–H groups in total. The van der Waals surface area contributed by atoms with Gasteiger partial charge in [0, 0.05) is 41.9 Å². The normalized spacial score (nSPS) is 11.3. The molecule has 0 aliphatic rings. The molecule has 11 nitrogen and oxygen atoms in total. The molecular weight excluding hydrogens is 572 g/mol. The molecule has 1 amide bonds. The summed E-state index contributed by atoms with van der Waals surface area (Å²) in [5.41, 5.74) is 3.90. The molecule has 0 fully saturated rings. The van der Waals surface area contributed by atoms with Crippen LogP contribution in [0.25, 0.3) is 22.6 Å². The van der Waals surface area contributed by atoms with Crippen LogP contribution in [-0.2, 0) is 16.6 Å². The Kier molecular flexibility index (Phi) is 8.22. The van der Waals surface area contributed by atoms with Crippen molar-refractivity contribution in [3.05, 3.63) is 95.5 Å². The van der Waals surface area contributed by atoms with Crippen LogP contribution in [0.5, 0.6) is 11.5 Å². The molecule has 3 aromatic carbocycles. The molecule has 2 aromatic heterocycles. The SMILES string of the molecule is COc1cc(OC)cc(C(=O)N(C)Cc2cc(-c3ncco3)ccc2-c2ccccc2S(=O)(=O)Nc2onc(C)c2C)c1. The van der Waals surface area contributed by atoms with E-state index in [-0.39, 0.29) is 23.2 Å². The first-order valence-electron chi connectivity index (χ1n) is 13.2. The summed E-state index contributed by atoms with van der Waals surface area (Å²) in [5.74, 6) is 1.10. The fraction of sp³-hybridized carbons (Fsp3) is 0.194. The van der Waals surface area contributed by atoms with Gasteiger partial charge in [-0.15, -0.1) is 0 Å². The Morgan fingerprint density at radius 3 is 2.33 bits per heavy atom. The number of carbonyl (C=O) groups is 1. The van der Waals surface area contributed by atoms with Crippen LogP contribution < -0.4 is 14.2 Å². The van der Waals surface area contributed by atoms with Gasteiger partial charge in [0.15, 0.2) is 0 Å². The summed E-state index contributed by atoms with van der Waals surface area (Å²) in [6.45, 7) is 3.58. The van der Waals surface area contributed by atoms with Crippen molar-refractivity contribution in [1.82, 2.24) is 15.0 Å². The lowest BCUT2D eigenvalue weighted by Crippen LogP contribution is -2.26. The Morgan fingerprint density at radius 2 is 1.70 bits per heavy atom. The van der Waals surface area contributed by atoms with Crippen molar-refractivity contribution in [2.24, 2.45) is 0 Å². The summed E-state index contributed by atoms with van der Waals surface area (Å²) in [7, 11) is 0.589. The fourth-order valence-corrected chi connectivity index (χ4v) is 5.85. The Balaban J connectivity index is 1.57. The fourth-order valence-electron chi connectivity index (χ4n) is 4.58. The maximum Gasteiger partial charge on any atom is 0.264 e. The molecule has 0 atom stereocenters. The van der Waals surface area contributed by atoms with Crippen molar-refractivity contribution in [3.63, 3.8) is 0 Å². The number of benzene rings is 3. The number of carbonyl (C=O) groups excluding carboxylic acids is 1. The molecule has 43 heavy (non-hydrogen) atoms. The first kappa shape index (κ1) is 29.4. The molecular formula is C31H30N4O7S. The molecule has 5 rings (SSSR count). The third kappa shape index (κ3) is 6.09. The number of hydrogen-bond acceptors (Lipinski definition) is 9. The molecule has 2 heterocycles. The number of aromatic nitrogens is 2. The van der Waals surface area contributed by atoms with Crippen LogP contribution in [0.4, 0.5) is 5.88 Å². The van der Waals surface area contributed by atoms with Gasteiger partial charge in [0.2, 0.25) is 11.8 Å². The molecule has 0 saturated carbocycles. The number of anilines is 1. The summed E-state index contributed by atoms with van der Waals surface area (Å²) in [4.78, 5) is 19.4. The average molecular weight is 603 g/mol. The minimum atomic E-state index is -4.10. The number of rotatable bonds is 10. The number of amides is 1. The lowest BCUT2D eigenvalue weighted by molar-refractivity contribution is 0.0784. The monoisotopic (exact) mass is 602 g/mol. The van der Waals surface area contributed by atoms with E-state index >= 15 is 0 Å². The summed E-state index contributed by atoms with van der Waals surface area (Å²) < 4.78 is 51.2. The van der Waals surface area contributed by atoms with E-state index in [0.717, 1.165) is 0 Å². The first-order valence-corrected chi connectivity index (χ1v) is 14.7. The third-order valence-electron chi connectivity index (χ3n) is 6.99. The molecule has 0 saturated heterocycles. The molecule has 5 aromatic rings. The molecule has 222 valence electrons. The minimum absolute atomic E-state index is 0.0279. The quantitative estimate of drug-likeness (QED) is 0.213. The van der Waals surface area contributed by atoms with E-state index in [1.54, 1.807) is 69.4 Å². The van der Waals surface area contributed by atoms with Crippen LogP contribution in [0.2, 0.25) is 0 Å². The van der Waals surface area contributed by atoms with E-state index in [1.807, 2.05) is 6.07 Å². The van der Waals surface area contributed by atoms with Crippen molar-refractivity contribution in [2.75, 3.05) is 26.0 Å². The van der Waals surface area contributed by atoms with Gasteiger partial charge in [0.25, 0.3) is 15.9 Å². The van der Waals surface area contributed by atoms with Crippen LogP contribution in [-0.4, -0.2) is 50.6 Å². The van der Waals surface area contributed by atoms with E-state index in [2.05, 4.69) is 14.9 Å². The molecule has 0 aliphatic heterocycles. The van der Waals surface area contributed by atoms with Crippen molar-refractivity contribution >= 4 is 21.8 Å². The number of nitrogens with one attached hydrogen (secondary N) is 1. The lowest BCUT2D eigenvalue weighted by atomic mass is 9.96. The zero-order valence-electron chi connectivity index (χ0n) is 24.2. The van der Waals surface area contributed by atoms with Crippen molar-refractivity contribution in [2.45, 2.75) is 25.3 Å². The Bertz CT molecular complexity index is 1860. The topological polar surface area (TPSA) is 137 Å². The summed E-state index contributed by atoms with van der Waals surface area (Å²) in [6.07, 6.45) is 3.00. The zero-order valence-corrected chi connectivity index (χ0v) is 25.1. The van der Waals surface area contributed by atoms with Crippen LogP contribution in [0.15, 0.2) is 87.0 Å². The highest BCUT2D eigenvalue weighted by Gasteiger charge is 2.25. The first-order chi connectivity index (χ1) is 20.6. The van der Waals surface area contributed by atoms with E-state index in [4.69, 9.17) is 18.4 Å². The molecule has 0 aliphatic carbocycles. The van der Waals surface area contributed by atoms with Crippen molar-refractivity contribution in [1.29, 1.82) is 0 Å². The zero-order chi connectivity index (χ0) is 30.7. The van der Waals surface area contributed by atoms with Crippen LogP contribution in [0, 0.1) is 13.8 Å². The summed E-state index contributed by atoms with van der Waals surface area (Å²) in [5, 5.41) is 3.85.